The number of likely N-dealkylation sites (N-methyl/N-ethyl adjacent to an activating group) is 1. The molecule has 2 aliphatic heterocycles. The van der Waals surface area contributed by atoms with E-state index in [1.165, 1.54) is 6.92 Å². The molecule has 0 saturated carbocycles. The summed E-state index contributed by atoms with van der Waals surface area (Å²) in [5.41, 5.74) is 0.742. The standard InChI is InChI=1S/C32H33ClFN7O3/c1-19(42)41-13-12-40(16-21(41)10-11-35)31-25-15-36-29(24-8-4-6-20-7-5-9-26(33)27(20)24)28(34)30(25)37-32(38-31)44-18-22-14-23(43-3)17-39(22)2/h4-9,15,21-23H,10,12-14,16-18H2,1-3H3/t21-,22-,23+/m0/s1. The fraction of sp³-hybridized carbons (Fsp3) is 0.406. The first-order valence-corrected chi connectivity index (χ1v) is 15.0. The summed E-state index contributed by atoms with van der Waals surface area (Å²) in [5.74, 6) is -0.265. The van der Waals surface area contributed by atoms with Gasteiger partial charge in [0.1, 0.15) is 23.6 Å². The zero-order valence-corrected chi connectivity index (χ0v) is 25.6. The molecule has 2 aromatic heterocycles. The number of aromatic nitrogens is 3. The fourth-order valence-electron chi connectivity index (χ4n) is 6.31. The number of amides is 1. The van der Waals surface area contributed by atoms with Crippen molar-refractivity contribution in [1.82, 2.24) is 24.8 Å². The van der Waals surface area contributed by atoms with Crippen molar-refractivity contribution >= 4 is 45.0 Å². The lowest BCUT2D eigenvalue weighted by Gasteiger charge is -2.41. The Bertz CT molecular complexity index is 1760. The van der Waals surface area contributed by atoms with E-state index in [1.807, 2.05) is 36.2 Å². The number of anilines is 1. The summed E-state index contributed by atoms with van der Waals surface area (Å²) in [6.45, 7) is 3.77. The molecule has 2 aliphatic rings. The van der Waals surface area contributed by atoms with Crippen LogP contribution >= 0.6 is 11.6 Å². The zero-order valence-electron chi connectivity index (χ0n) is 24.8. The summed E-state index contributed by atoms with van der Waals surface area (Å²) in [6, 6.07) is 13.1. The van der Waals surface area contributed by atoms with E-state index < -0.39 is 5.82 Å². The van der Waals surface area contributed by atoms with Crippen LogP contribution in [0.5, 0.6) is 6.01 Å². The van der Waals surface area contributed by atoms with Crippen molar-refractivity contribution in [2.75, 3.05) is 51.8 Å². The molecule has 2 saturated heterocycles. The van der Waals surface area contributed by atoms with Crippen molar-refractivity contribution < 1.29 is 18.7 Å². The molecule has 0 aliphatic carbocycles. The number of ether oxygens (including phenoxy) is 2. The maximum Gasteiger partial charge on any atom is 0.319 e. The second kappa shape index (κ2) is 12.5. The van der Waals surface area contributed by atoms with Gasteiger partial charge in [0.05, 0.1) is 30.0 Å². The monoisotopic (exact) mass is 617 g/mol. The smallest absolute Gasteiger partial charge is 0.319 e. The Morgan fingerprint density at radius 1 is 1.16 bits per heavy atom. The third-order valence-corrected chi connectivity index (χ3v) is 8.97. The van der Waals surface area contributed by atoms with Gasteiger partial charge in [0.25, 0.3) is 0 Å². The van der Waals surface area contributed by atoms with Crippen molar-refractivity contribution in [3.63, 3.8) is 0 Å². The Hall–Kier alpha value is -4.11. The number of methoxy groups -OCH3 is 1. The summed E-state index contributed by atoms with van der Waals surface area (Å²) in [5, 5.41) is 11.9. The van der Waals surface area contributed by atoms with Gasteiger partial charge in [-0.2, -0.15) is 15.2 Å². The largest absolute Gasteiger partial charge is 0.462 e. The van der Waals surface area contributed by atoms with Gasteiger partial charge in [-0.3, -0.25) is 14.7 Å². The first kappa shape index (κ1) is 29.9. The summed E-state index contributed by atoms with van der Waals surface area (Å²) in [7, 11) is 3.71. The first-order chi connectivity index (χ1) is 21.3. The molecule has 0 radical (unpaired) electrons. The molecule has 4 aromatic rings. The highest BCUT2D eigenvalue weighted by molar-refractivity contribution is 6.36. The van der Waals surface area contributed by atoms with Crippen molar-refractivity contribution in [2.45, 2.75) is 38.0 Å². The number of hydrogen-bond donors (Lipinski definition) is 0. The fourth-order valence-corrected chi connectivity index (χ4v) is 6.60. The van der Waals surface area contributed by atoms with Gasteiger partial charge in [-0.25, -0.2) is 4.39 Å². The van der Waals surface area contributed by atoms with E-state index in [-0.39, 0.29) is 47.7 Å². The number of likely N-dealkylation sites (tertiary alicyclic amines) is 1. The highest BCUT2D eigenvalue weighted by Gasteiger charge is 2.33. The highest BCUT2D eigenvalue weighted by atomic mass is 35.5. The lowest BCUT2D eigenvalue weighted by molar-refractivity contribution is -0.131. The van der Waals surface area contributed by atoms with Crippen LogP contribution < -0.4 is 9.64 Å². The number of piperazine rings is 1. The maximum absolute atomic E-state index is 16.6. The van der Waals surface area contributed by atoms with Crippen LogP contribution in [0.2, 0.25) is 5.02 Å². The number of halogens is 2. The number of fused-ring (bicyclic) bond motifs is 2. The van der Waals surface area contributed by atoms with Crippen LogP contribution in [-0.2, 0) is 9.53 Å². The van der Waals surface area contributed by atoms with Crippen LogP contribution in [0.3, 0.4) is 0 Å². The van der Waals surface area contributed by atoms with Crippen LogP contribution in [0.1, 0.15) is 19.8 Å². The van der Waals surface area contributed by atoms with Crippen LogP contribution in [0, 0.1) is 17.1 Å². The lowest BCUT2D eigenvalue weighted by atomic mass is 10.0. The molecule has 1 amide bonds. The van der Waals surface area contributed by atoms with Crippen LogP contribution in [0.4, 0.5) is 10.2 Å². The SMILES string of the molecule is CO[C@@H]1C[C@@H](COc2nc(N3CCN(C(C)=O)[C@@H](CC#N)C3)c3cnc(-c4cccc5cccc(Cl)c45)c(F)c3n2)N(C)C1. The molecule has 0 N–H and O–H groups in total. The lowest BCUT2D eigenvalue weighted by Crippen LogP contribution is -2.55. The number of rotatable bonds is 7. The Kier molecular flexibility index (Phi) is 8.49. The minimum atomic E-state index is -0.614. The molecule has 2 aromatic carbocycles. The van der Waals surface area contributed by atoms with Gasteiger partial charge in [0, 0.05) is 68.4 Å². The Morgan fingerprint density at radius 3 is 2.68 bits per heavy atom. The Balaban J connectivity index is 1.44. The number of hydrogen-bond acceptors (Lipinski definition) is 9. The predicted octanol–water partition coefficient (Wildman–Crippen LogP) is 4.69. The van der Waals surface area contributed by atoms with Crippen molar-refractivity contribution in [1.29, 1.82) is 5.26 Å². The summed E-state index contributed by atoms with van der Waals surface area (Å²) >= 11 is 6.58. The van der Waals surface area contributed by atoms with Gasteiger partial charge in [-0.15, -0.1) is 0 Å². The van der Waals surface area contributed by atoms with E-state index in [2.05, 4.69) is 20.9 Å². The average molecular weight is 618 g/mol. The summed E-state index contributed by atoms with van der Waals surface area (Å²) in [6.07, 6.45) is 2.64. The van der Waals surface area contributed by atoms with Gasteiger partial charge >= 0.3 is 6.01 Å². The molecular weight excluding hydrogens is 585 g/mol. The van der Waals surface area contributed by atoms with Gasteiger partial charge in [-0.05, 0) is 24.9 Å². The van der Waals surface area contributed by atoms with Gasteiger partial charge < -0.3 is 19.3 Å². The average Bonchev–Trinajstić information content (AvgIpc) is 3.39. The molecule has 6 rings (SSSR count). The highest BCUT2D eigenvalue weighted by Crippen LogP contribution is 2.37. The zero-order chi connectivity index (χ0) is 31.0. The molecule has 3 atom stereocenters. The van der Waals surface area contributed by atoms with E-state index in [9.17, 15) is 10.1 Å². The van der Waals surface area contributed by atoms with Crippen LogP contribution in [0.25, 0.3) is 32.9 Å². The van der Waals surface area contributed by atoms with E-state index >= 15 is 4.39 Å². The number of nitriles is 1. The molecule has 0 unspecified atom stereocenters. The van der Waals surface area contributed by atoms with E-state index in [4.69, 9.17) is 26.1 Å². The minimum absolute atomic E-state index is 0.0413. The number of benzene rings is 2. The maximum atomic E-state index is 16.6. The van der Waals surface area contributed by atoms with E-state index in [0.29, 0.717) is 53.4 Å². The first-order valence-electron chi connectivity index (χ1n) is 14.6. The molecule has 44 heavy (non-hydrogen) atoms. The summed E-state index contributed by atoms with van der Waals surface area (Å²) < 4.78 is 28.3. The molecule has 228 valence electrons. The van der Waals surface area contributed by atoms with Crippen LogP contribution in [-0.4, -0.2) is 95.8 Å². The van der Waals surface area contributed by atoms with Crippen LogP contribution in [0.15, 0.2) is 42.6 Å². The number of carbonyl (C=O) groups is 1. The number of pyridine rings is 1. The van der Waals surface area contributed by atoms with Gasteiger partial charge in [0.15, 0.2) is 5.82 Å². The Labute approximate surface area is 260 Å². The van der Waals surface area contributed by atoms with Crippen molar-refractivity contribution in [3.8, 4) is 23.3 Å². The van der Waals surface area contributed by atoms with Gasteiger partial charge in [0.2, 0.25) is 5.91 Å². The molecule has 2 fully saturated rings. The minimum Gasteiger partial charge on any atom is -0.462 e. The van der Waals surface area contributed by atoms with E-state index in [1.54, 1.807) is 30.3 Å². The third-order valence-electron chi connectivity index (χ3n) is 8.65. The normalized spacial score (nSPS) is 20.8. The molecule has 12 heteroatoms. The molecular formula is C32H33ClFN7O3. The number of carbonyl (C=O) groups excluding carboxylic acids is 1. The van der Waals surface area contributed by atoms with Gasteiger partial charge in [-0.1, -0.05) is 41.9 Å². The second-order valence-corrected chi connectivity index (χ2v) is 11.7. The number of nitrogens with zero attached hydrogens (tertiary/aromatic N) is 7. The second-order valence-electron chi connectivity index (χ2n) is 11.3. The topological polar surface area (TPSA) is 108 Å². The third kappa shape index (κ3) is 5.61. The predicted molar refractivity (Wildman–Crippen MR) is 166 cm³/mol. The summed E-state index contributed by atoms with van der Waals surface area (Å²) in [4.78, 5) is 32.0. The molecule has 10 nitrogen and oxygen atoms in total. The molecule has 0 spiro atoms. The quantitative estimate of drug-likeness (QED) is 0.292. The molecule has 0 bridgehead atoms. The Morgan fingerprint density at radius 2 is 1.95 bits per heavy atom. The van der Waals surface area contributed by atoms with Crippen molar-refractivity contribution in [3.05, 3.63) is 53.4 Å². The molecule has 4 heterocycles. The van der Waals surface area contributed by atoms with E-state index in [0.717, 1.165) is 18.4 Å². The van der Waals surface area contributed by atoms with Crippen molar-refractivity contribution in [2.24, 2.45) is 0 Å².